The number of rotatable bonds is 6. The molecule has 0 saturated heterocycles. The van der Waals surface area contributed by atoms with Gasteiger partial charge >= 0.3 is 5.97 Å². The normalized spacial score (nSPS) is 13.3. The zero-order chi connectivity index (χ0) is 22.7. The molecule has 0 atom stereocenters. The number of carbonyl (C=O) groups is 2. The molecular weight excluding hydrogens is 412 g/mol. The van der Waals surface area contributed by atoms with Crippen LogP contribution in [0.3, 0.4) is 0 Å². The Balaban J connectivity index is 1.56. The van der Waals surface area contributed by atoms with E-state index in [1.807, 2.05) is 0 Å². The summed E-state index contributed by atoms with van der Waals surface area (Å²) in [5.74, 6) is 1.71. The van der Waals surface area contributed by atoms with Gasteiger partial charge in [-0.3, -0.25) is 4.79 Å². The fourth-order valence-electron chi connectivity index (χ4n) is 3.22. The smallest absolute Gasteiger partial charge is 0.343 e. The van der Waals surface area contributed by atoms with E-state index in [0.29, 0.717) is 39.7 Å². The zero-order valence-corrected chi connectivity index (χ0v) is 17.7. The Kier molecular flexibility index (Phi) is 5.81. The number of ether oxygens (including phenoxy) is 5. The van der Waals surface area contributed by atoms with Gasteiger partial charge < -0.3 is 23.7 Å². The molecule has 0 N–H and O–H groups in total. The van der Waals surface area contributed by atoms with Crippen molar-refractivity contribution in [1.82, 2.24) is 0 Å². The molecule has 3 aromatic rings. The number of hydrogen-bond donors (Lipinski definition) is 0. The number of methoxy groups -OCH3 is 3. The Labute approximate surface area is 184 Å². The molecular formula is C25H20O7. The minimum atomic E-state index is -0.534. The Bertz CT molecular complexity index is 1210. The van der Waals surface area contributed by atoms with E-state index in [0.717, 1.165) is 0 Å². The summed E-state index contributed by atoms with van der Waals surface area (Å²) in [6, 6.07) is 16.4. The number of hydrogen-bond acceptors (Lipinski definition) is 7. The molecule has 0 saturated carbocycles. The van der Waals surface area contributed by atoms with Crippen LogP contribution in [0.4, 0.5) is 0 Å². The summed E-state index contributed by atoms with van der Waals surface area (Å²) >= 11 is 0. The average Bonchev–Trinajstić information content (AvgIpc) is 3.13. The summed E-state index contributed by atoms with van der Waals surface area (Å²) in [6.45, 7) is 0. The van der Waals surface area contributed by atoms with Gasteiger partial charge in [-0.1, -0.05) is 0 Å². The first kappa shape index (κ1) is 21.0. The quantitative estimate of drug-likeness (QED) is 0.321. The van der Waals surface area contributed by atoms with E-state index in [1.165, 1.54) is 6.07 Å². The fraction of sp³-hybridized carbons (Fsp3) is 0.120. The van der Waals surface area contributed by atoms with E-state index < -0.39 is 5.97 Å². The van der Waals surface area contributed by atoms with Crippen LogP contribution in [0.2, 0.25) is 0 Å². The summed E-state index contributed by atoms with van der Waals surface area (Å²) in [5, 5.41) is 0. The maximum Gasteiger partial charge on any atom is 0.343 e. The molecule has 0 bridgehead atoms. The Hall–Kier alpha value is -4.26. The fourth-order valence-corrected chi connectivity index (χ4v) is 3.22. The predicted molar refractivity (Wildman–Crippen MR) is 117 cm³/mol. The summed E-state index contributed by atoms with van der Waals surface area (Å²) in [6.07, 6.45) is 1.59. The second kappa shape index (κ2) is 8.85. The van der Waals surface area contributed by atoms with Gasteiger partial charge in [0.1, 0.15) is 28.7 Å². The molecule has 0 spiro atoms. The van der Waals surface area contributed by atoms with Crippen molar-refractivity contribution >= 4 is 17.8 Å². The molecule has 0 radical (unpaired) electrons. The van der Waals surface area contributed by atoms with Crippen molar-refractivity contribution in [3.63, 3.8) is 0 Å². The largest absolute Gasteiger partial charge is 0.497 e. The molecule has 32 heavy (non-hydrogen) atoms. The highest BCUT2D eigenvalue weighted by Crippen LogP contribution is 2.36. The van der Waals surface area contributed by atoms with Crippen LogP contribution in [0.15, 0.2) is 66.4 Å². The molecule has 162 valence electrons. The lowest BCUT2D eigenvalue weighted by Crippen LogP contribution is -2.08. The van der Waals surface area contributed by atoms with Crippen molar-refractivity contribution in [3.8, 4) is 28.7 Å². The Morgan fingerprint density at radius 1 is 0.812 bits per heavy atom. The number of fused-ring (bicyclic) bond motifs is 1. The number of carbonyl (C=O) groups excluding carboxylic acids is 2. The van der Waals surface area contributed by atoms with Crippen LogP contribution in [0.25, 0.3) is 6.08 Å². The molecule has 0 unspecified atom stereocenters. The van der Waals surface area contributed by atoms with E-state index in [4.69, 9.17) is 23.7 Å². The van der Waals surface area contributed by atoms with Crippen LogP contribution < -0.4 is 23.7 Å². The lowest BCUT2D eigenvalue weighted by atomic mass is 10.1. The van der Waals surface area contributed by atoms with Gasteiger partial charge in [-0.25, -0.2) is 4.79 Å². The lowest BCUT2D eigenvalue weighted by Gasteiger charge is -2.08. The van der Waals surface area contributed by atoms with Gasteiger partial charge in [0.2, 0.25) is 5.78 Å². The molecule has 1 aliphatic rings. The molecule has 4 rings (SSSR count). The standard InChI is InChI=1S/C25H20O7/c1-28-17-6-4-15(5-7-17)25(27)31-19-8-10-20-22(14-19)32-23(24(20)26)13-16-12-18(29-2)9-11-21(16)30-3/h4-14H,1-3H3/b23-13-. The van der Waals surface area contributed by atoms with E-state index >= 15 is 0 Å². The lowest BCUT2D eigenvalue weighted by molar-refractivity contribution is 0.0734. The van der Waals surface area contributed by atoms with Gasteiger partial charge in [0, 0.05) is 11.6 Å². The third kappa shape index (κ3) is 4.13. The monoisotopic (exact) mass is 432 g/mol. The van der Waals surface area contributed by atoms with Crippen LogP contribution in [0, 0.1) is 0 Å². The Morgan fingerprint density at radius 2 is 1.50 bits per heavy atom. The number of benzene rings is 3. The highest BCUT2D eigenvalue weighted by Gasteiger charge is 2.28. The molecule has 0 fully saturated rings. The summed E-state index contributed by atoms with van der Waals surface area (Å²) in [4.78, 5) is 25.2. The van der Waals surface area contributed by atoms with Crippen LogP contribution in [-0.2, 0) is 0 Å². The van der Waals surface area contributed by atoms with Crippen LogP contribution in [0.5, 0.6) is 28.7 Å². The van der Waals surface area contributed by atoms with E-state index in [-0.39, 0.29) is 17.3 Å². The van der Waals surface area contributed by atoms with Crippen molar-refractivity contribution < 1.29 is 33.3 Å². The van der Waals surface area contributed by atoms with E-state index in [9.17, 15) is 9.59 Å². The van der Waals surface area contributed by atoms with Gasteiger partial charge in [0.25, 0.3) is 0 Å². The van der Waals surface area contributed by atoms with E-state index in [2.05, 4.69) is 0 Å². The van der Waals surface area contributed by atoms with Gasteiger partial charge in [-0.2, -0.15) is 0 Å². The first-order chi connectivity index (χ1) is 15.5. The van der Waals surface area contributed by atoms with Gasteiger partial charge in [-0.15, -0.1) is 0 Å². The van der Waals surface area contributed by atoms with Crippen LogP contribution in [-0.4, -0.2) is 33.1 Å². The second-order valence-electron chi connectivity index (χ2n) is 6.82. The Morgan fingerprint density at radius 3 is 2.19 bits per heavy atom. The highest BCUT2D eigenvalue weighted by molar-refractivity contribution is 6.14. The maximum absolute atomic E-state index is 12.8. The van der Waals surface area contributed by atoms with Crippen molar-refractivity contribution in [2.75, 3.05) is 21.3 Å². The van der Waals surface area contributed by atoms with Gasteiger partial charge in [0.15, 0.2) is 5.76 Å². The summed E-state index contributed by atoms with van der Waals surface area (Å²) in [5.41, 5.74) is 1.38. The molecule has 0 amide bonds. The van der Waals surface area contributed by atoms with Crippen molar-refractivity contribution in [1.29, 1.82) is 0 Å². The van der Waals surface area contributed by atoms with Crippen LogP contribution >= 0.6 is 0 Å². The first-order valence-corrected chi connectivity index (χ1v) is 9.69. The van der Waals surface area contributed by atoms with Crippen molar-refractivity contribution in [2.45, 2.75) is 0 Å². The molecule has 3 aromatic carbocycles. The molecule has 0 aromatic heterocycles. The van der Waals surface area contributed by atoms with Gasteiger partial charge in [-0.05, 0) is 60.7 Å². The summed E-state index contributed by atoms with van der Waals surface area (Å²) < 4.78 is 26.9. The van der Waals surface area contributed by atoms with Crippen LogP contribution in [0.1, 0.15) is 26.3 Å². The first-order valence-electron chi connectivity index (χ1n) is 9.69. The number of esters is 1. The number of allylic oxidation sites excluding steroid dienone is 1. The average molecular weight is 432 g/mol. The highest BCUT2D eigenvalue weighted by atomic mass is 16.5. The number of ketones is 1. The van der Waals surface area contributed by atoms with Crippen molar-refractivity contribution in [3.05, 3.63) is 83.1 Å². The SMILES string of the molecule is COc1ccc(C(=O)Oc2ccc3c(c2)O/C(=C\c2cc(OC)ccc2OC)C3=O)cc1. The van der Waals surface area contributed by atoms with Gasteiger partial charge in [0.05, 0.1) is 32.5 Å². The number of Topliss-reactive ketones (excluding diaryl/α,β-unsaturated/α-hetero) is 1. The third-order valence-electron chi connectivity index (χ3n) is 4.90. The third-order valence-corrected chi connectivity index (χ3v) is 4.90. The molecule has 7 heteroatoms. The molecule has 7 nitrogen and oxygen atoms in total. The minimum Gasteiger partial charge on any atom is -0.497 e. The van der Waals surface area contributed by atoms with E-state index in [1.54, 1.807) is 82.0 Å². The topological polar surface area (TPSA) is 80.3 Å². The minimum absolute atomic E-state index is 0.130. The molecule has 1 aliphatic heterocycles. The maximum atomic E-state index is 12.8. The molecule has 1 heterocycles. The predicted octanol–water partition coefficient (Wildman–Crippen LogP) is 4.55. The molecule has 0 aliphatic carbocycles. The zero-order valence-electron chi connectivity index (χ0n) is 17.7. The second-order valence-corrected chi connectivity index (χ2v) is 6.82. The summed E-state index contributed by atoms with van der Waals surface area (Å²) in [7, 11) is 4.64. The van der Waals surface area contributed by atoms with Crippen molar-refractivity contribution in [2.24, 2.45) is 0 Å².